The molecular formula is C39H52O10. The van der Waals surface area contributed by atoms with E-state index < -0.39 is 87.9 Å². The fourth-order valence-electron chi connectivity index (χ4n) is 10.5. The van der Waals surface area contributed by atoms with Crippen LogP contribution in [-0.4, -0.2) is 72.2 Å². The number of aliphatic hydroxyl groups is 1. The van der Waals surface area contributed by atoms with Gasteiger partial charge in [0.1, 0.15) is 18.3 Å². The van der Waals surface area contributed by atoms with Crippen molar-refractivity contribution in [1.29, 1.82) is 0 Å². The molecule has 0 bridgehead atoms. The smallest absolute Gasteiger partial charge is 0.303 e. The average molecular weight is 681 g/mol. The molecule has 49 heavy (non-hydrogen) atoms. The first-order valence-electron chi connectivity index (χ1n) is 17.4. The van der Waals surface area contributed by atoms with Crippen LogP contribution < -0.4 is 0 Å². The highest BCUT2D eigenvalue weighted by Gasteiger charge is 2.76. The zero-order valence-electron chi connectivity index (χ0n) is 30.0. The molecule has 2 fully saturated rings. The maximum absolute atomic E-state index is 13.1. The average Bonchev–Trinajstić information content (AvgIpc) is 3.25. The van der Waals surface area contributed by atoms with Crippen LogP contribution in [-0.2, 0) is 49.3 Å². The van der Waals surface area contributed by atoms with Crippen LogP contribution >= 0.6 is 0 Å². The third kappa shape index (κ3) is 6.24. The molecule has 1 N–H and O–H groups in total. The molecule has 2 saturated carbocycles. The maximum atomic E-state index is 13.1. The Morgan fingerprint density at radius 2 is 1.61 bits per heavy atom. The first-order chi connectivity index (χ1) is 23.0. The van der Waals surface area contributed by atoms with E-state index in [1.807, 2.05) is 56.3 Å². The molecule has 0 saturated heterocycles. The van der Waals surface area contributed by atoms with Crippen LogP contribution in [0.4, 0.5) is 0 Å². The lowest BCUT2D eigenvalue weighted by molar-refractivity contribution is -0.304. The summed E-state index contributed by atoms with van der Waals surface area (Å²) in [6.45, 7) is 13.5. The molecule has 1 aromatic carbocycles. The first-order valence-corrected chi connectivity index (χ1v) is 17.4. The summed E-state index contributed by atoms with van der Waals surface area (Å²) in [4.78, 5) is 51.4. The molecule has 0 radical (unpaired) electrons. The molecular weight excluding hydrogens is 628 g/mol. The zero-order valence-corrected chi connectivity index (χ0v) is 30.0. The lowest BCUT2D eigenvalue weighted by Crippen LogP contribution is -2.76. The normalized spacial score (nSPS) is 38.7. The molecule has 0 amide bonds. The Morgan fingerprint density at radius 3 is 2.22 bits per heavy atom. The fraction of sp³-hybridized carbons (Fsp3) is 0.641. The van der Waals surface area contributed by atoms with Gasteiger partial charge in [-0.15, -0.1) is 0 Å². The second-order valence-corrected chi connectivity index (χ2v) is 15.1. The predicted octanol–water partition coefficient (Wildman–Crippen LogP) is 5.30. The van der Waals surface area contributed by atoms with Gasteiger partial charge in [-0.25, -0.2) is 0 Å². The van der Waals surface area contributed by atoms with Gasteiger partial charge < -0.3 is 28.8 Å². The van der Waals surface area contributed by atoms with E-state index in [2.05, 4.69) is 13.0 Å². The predicted molar refractivity (Wildman–Crippen MR) is 180 cm³/mol. The van der Waals surface area contributed by atoms with Crippen molar-refractivity contribution in [2.75, 3.05) is 13.2 Å². The molecule has 4 aliphatic rings. The minimum atomic E-state index is -1.29. The number of aryl methyl sites for hydroxylation is 1. The van der Waals surface area contributed by atoms with E-state index in [-0.39, 0.29) is 13.2 Å². The van der Waals surface area contributed by atoms with Crippen molar-refractivity contribution in [1.82, 2.24) is 0 Å². The highest BCUT2D eigenvalue weighted by Crippen LogP contribution is 2.72. The van der Waals surface area contributed by atoms with Gasteiger partial charge in [-0.3, -0.25) is 19.2 Å². The Morgan fingerprint density at radius 1 is 0.959 bits per heavy atom. The number of rotatable bonds is 8. The highest BCUT2D eigenvalue weighted by molar-refractivity contribution is 5.68. The minimum absolute atomic E-state index is 0.0602. The summed E-state index contributed by atoms with van der Waals surface area (Å²) in [5.41, 5.74) is -2.36. The van der Waals surface area contributed by atoms with Crippen LogP contribution in [0.3, 0.4) is 0 Å². The van der Waals surface area contributed by atoms with Gasteiger partial charge in [-0.1, -0.05) is 56.3 Å². The van der Waals surface area contributed by atoms with Gasteiger partial charge in [-0.2, -0.15) is 0 Å². The van der Waals surface area contributed by atoms with E-state index in [4.69, 9.17) is 23.7 Å². The van der Waals surface area contributed by atoms with Gasteiger partial charge in [0.05, 0.1) is 24.2 Å². The largest absolute Gasteiger partial charge is 0.462 e. The van der Waals surface area contributed by atoms with Crippen LogP contribution in [0.1, 0.15) is 80.2 Å². The molecule has 4 unspecified atom stereocenters. The molecule has 1 aliphatic heterocycles. The van der Waals surface area contributed by atoms with Crippen molar-refractivity contribution in [2.24, 2.45) is 34.0 Å². The SMILES string of the molecule is CC(=O)OC(C)[C@]12COCC=CC1[C@]1(C)CCC3[C@@](C)(C1[C@H](OC(C)=O)[C@@H]2OC(C)=O)[C@H](OC(C)=O)C=C(C)[C@@]3(O)CCc1ccccc1. The molecule has 268 valence electrons. The number of ether oxygens (including phenoxy) is 5. The summed E-state index contributed by atoms with van der Waals surface area (Å²) >= 11 is 0. The number of fused-ring (bicyclic) bond motifs is 5. The fourth-order valence-corrected chi connectivity index (χ4v) is 10.5. The number of hydrogen-bond acceptors (Lipinski definition) is 10. The molecule has 1 aromatic rings. The minimum Gasteiger partial charge on any atom is -0.462 e. The van der Waals surface area contributed by atoms with Crippen molar-refractivity contribution in [3.05, 3.63) is 59.7 Å². The number of carbonyl (C=O) groups excluding carboxylic acids is 4. The second-order valence-electron chi connectivity index (χ2n) is 15.1. The number of allylic oxidation sites excluding steroid dienone is 1. The Balaban J connectivity index is 1.77. The van der Waals surface area contributed by atoms with Gasteiger partial charge in [-0.05, 0) is 68.1 Å². The van der Waals surface area contributed by atoms with Crippen LogP contribution in [0.25, 0.3) is 0 Å². The Labute approximate surface area is 289 Å². The van der Waals surface area contributed by atoms with E-state index in [0.29, 0.717) is 25.7 Å². The monoisotopic (exact) mass is 680 g/mol. The van der Waals surface area contributed by atoms with Crippen LogP contribution in [0, 0.1) is 34.0 Å². The molecule has 10 heteroatoms. The van der Waals surface area contributed by atoms with E-state index in [1.165, 1.54) is 27.7 Å². The Hall–Kier alpha value is -3.50. The lowest BCUT2D eigenvalue weighted by atomic mass is 9.35. The van der Waals surface area contributed by atoms with Crippen molar-refractivity contribution in [3.8, 4) is 0 Å². The van der Waals surface area contributed by atoms with E-state index >= 15 is 0 Å². The lowest BCUT2D eigenvalue weighted by Gasteiger charge is -2.71. The van der Waals surface area contributed by atoms with Crippen molar-refractivity contribution >= 4 is 23.9 Å². The summed E-state index contributed by atoms with van der Waals surface area (Å²) < 4.78 is 30.8. The van der Waals surface area contributed by atoms with Crippen LogP contribution in [0.5, 0.6) is 0 Å². The second kappa shape index (κ2) is 13.7. The van der Waals surface area contributed by atoms with Gasteiger partial charge in [0, 0.05) is 44.9 Å². The number of hydrogen-bond donors (Lipinski definition) is 1. The van der Waals surface area contributed by atoms with Crippen LogP contribution in [0.15, 0.2) is 54.1 Å². The zero-order chi connectivity index (χ0) is 35.9. The molecule has 0 aromatic heterocycles. The Kier molecular flexibility index (Phi) is 10.3. The summed E-state index contributed by atoms with van der Waals surface area (Å²) in [6, 6.07) is 9.99. The topological polar surface area (TPSA) is 135 Å². The molecule has 10 nitrogen and oxygen atoms in total. The van der Waals surface area contributed by atoms with E-state index in [0.717, 1.165) is 11.1 Å². The standard InChI is InChI=1S/C39H52O10/c1-23-21-32(47-26(4)41)37(8)31(39(23,44)19-16-29-13-10-9-11-14-29)17-18-36(7)30-15-12-20-45-22-38(30,24(2)46-25(3)40)35(49-28(6)43)33(34(36)37)48-27(5)42/h9-15,21,24,30-35,44H,16-20,22H2,1-8H3/t24?,30?,31?,32-,33+,34?,35+,36+,37-,38-,39+/m1/s1. The van der Waals surface area contributed by atoms with Gasteiger partial charge in [0.15, 0.2) is 6.10 Å². The van der Waals surface area contributed by atoms with E-state index in [1.54, 1.807) is 6.92 Å². The number of carbonyl (C=O) groups is 4. The number of esters is 4. The molecule has 5 rings (SSSR count). The summed E-state index contributed by atoms with van der Waals surface area (Å²) in [6.07, 6.45) is 4.24. The van der Waals surface area contributed by atoms with Crippen molar-refractivity contribution in [3.63, 3.8) is 0 Å². The summed E-state index contributed by atoms with van der Waals surface area (Å²) in [5.74, 6) is -3.61. The summed E-state index contributed by atoms with van der Waals surface area (Å²) in [5, 5.41) is 12.9. The quantitative estimate of drug-likeness (QED) is 0.219. The first kappa shape index (κ1) is 36.8. The third-order valence-electron chi connectivity index (χ3n) is 12.3. The molecule has 1 heterocycles. The Bertz CT molecular complexity index is 1500. The van der Waals surface area contributed by atoms with Gasteiger partial charge >= 0.3 is 23.9 Å². The molecule has 11 atom stereocenters. The third-order valence-corrected chi connectivity index (χ3v) is 12.3. The number of benzene rings is 1. The molecule has 0 spiro atoms. The maximum Gasteiger partial charge on any atom is 0.303 e. The molecule has 3 aliphatic carbocycles. The van der Waals surface area contributed by atoms with Gasteiger partial charge in [0.25, 0.3) is 0 Å². The van der Waals surface area contributed by atoms with Crippen molar-refractivity contribution in [2.45, 2.75) is 111 Å². The highest BCUT2D eigenvalue weighted by atomic mass is 16.6. The van der Waals surface area contributed by atoms with Gasteiger partial charge in [0.2, 0.25) is 0 Å². The van der Waals surface area contributed by atoms with E-state index in [9.17, 15) is 24.3 Å². The van der Waals surface area contributed by atoms with Crippen LogP contribution in [0.2, 0.25) is 0 Å². The van der Waals surface area contributed by atoms with Crippen molar-refractivity contribution < 1.29 is 48.0 Å². The summed E-state index contributed by atoms with van der Waals surface area (Å²) in [7, 11) is 0.